The van der Waals surface area contributed by atoms with Crippen molar-refractivity contribution in [2.75, 3.05) is 33.4 Å². The van der Waals surface area contributed by atoms with Crippen molar-refractivity contribution in [1.29, 1.82) is 0 Å². The zero-order chi connectivity index (χ0) is 13.7. The summed E-state index contributed by atoms with van der Waals surface area (Å²) in [5, 5.41) is 0. The minimum Gasteiger partial charge on any atom is -0.497 e. The maximum absolute atomic E-state index is 5.87. The molecule has 1 saturated heterocycles. The van der Waals surface area contributed by atoms with Crippen molar-refractivity contribution in [3.8, 4) is 5.75 Å². The average Bonchev–Trinajstić information content (AvgIpc) is 2.48. The van der Waals surface area contributed by atoms with E-state index in [2.05, 4.69) is 17.2 Å². The zero-order valence-electron chi connectivity index (χ0n) is 11.6. The molecule has 2 rings (SSSR count). The number of likely N-dealkylation sites (N-methyl/N-ethyl adjacent to an activating group) is 1. The van der Waals surface area contributed by atoms with Gasteiger partial charge in [-0.05, 0) is 24.2 Å². The Morgan fingerprint density at radius 2 is 2.42 bits per heavy atom. The predicted octanol–water partition coefficient (Wildman–Crippen LogP) is 0.920. The first kappa shape index (κ1) is 14.3. The molecule has 0 amide bonds. The highest BCUT2D eigenvalue weighted by Gasteiger charge is 2.28. The Morgan fingerprint density at radius 1 is 1.58 bits per heavy atom. The molecule has 1 aliphatic heterocycles. The summed E-state index contributed by atoms with van der Waals surface area (Å²) in [4.78, 5) is 2.37. The van der Waals surface area contributed by atoms with E-state index in [1.807, 2.05) is 24.3 Å². The van der Waals surface area contributed by atoms with Gasteiger partial charge in [0.25, 0.3) is 0 Å². The molecule has 0 radical (unpaired) electrons. The van der Waals surface area contributed by atoms with Crippen molar-refractivity contribution in [1.82, 2.24) is 10.3 Å². The number of hydrogen-bond acceptors (Lipinski definition) is 5. The third-order valence-electron chi connectivity index (χ3n) is 3.63. The van der Waals surface area contributed by atoms with Crippen molar-refractivity contribution in [3.63, 3.8) is 0 Å². The highest BCUT2D eigenvalue weighted by molar-refractivity contribution is 5.31. The molecule has 5 heteroatoms. The fourth-order valence-corrected chi connectivity index (χ4v) is 2.47. The molecule has 5 nitrogen and oxygen atoms in total. The van der Waals surface area contributed by atoms with Crippen LogP contribution in [0, 0.1) is 0 Å². The van der Waals surface area contributed by atoms with Crippen LogP contribution in [-0.2, 0) is 4.74 Å². The fraction of sp³-hybridized carbons (Fsp3) is 0.571. The van der Waals surface area contributed by atoms with Gasteiger partial charge < -0.3 is 9.47 Å². The maximum atomic E-state index is 5.87. The van der Waals surface area contributed by atoms with Crippen LogP contribution in [0.3, 0.4) is 0 Å². The molecule has 1 aromatic rings. The molecule has 2 unspecified atom stereocenters. The Balaban J connectivity index is 2.13. The summed E-state index contributed by atoms with van der Waals surface area (Å²) in [6.07, 6.45) is 0.0609. The number of methoxy groups -OCH3 is 1. The summed E-state index contributed by atoms with van der Waals surface area (Å²) in [6.45, 7) is 5.83. The van der Waals surface area contributed by atoms with Gasteiger partial charge in [-0.2, -0.15) is 0 Å². The second kappa shape index (κ2) is 6.86. The van der Waals surface area contributed by atoms with Crippen LogP contribution in [-0.4, -0.2) is 44.4 Å². The van der Waals surface area contributed by atoms with E-state index in [0.717, 1.165) is 37.6 Å². The van der Waals surface area contributed by atoms with Gasteiger partial charge in [0.1, 0.15) is 5.75 Å². The maximum Gasteiger partial charge on any atom is 0.119 e. The molecule has 1 fully saturated rings. The van der Waals surface area contributed by atoms with Gasteiger partial charge in [0.05, 0.1) is 25.9 Å². The lowest BCUT2D eigenvalue weighted by atomic mass is 10.0. The Morgan fingerprint density at radius 3 is 3.11 bits per heavy atom. The van der Waals surface area contributed by atoms with Crippen LogP contribution in [0.5, 0.6) is 5.75 Å². The molecule has 1 heterocycles. The van der Waals surface area contributed by atoms with Crippen LogP contribution >= 0.6 is 0 Å². The fourth-order valence-electron chi connectivity index (χ4n) is 2.47. The molecule has 0 aromatic heterocycles. The topological polar surface area (TPSA) is 59.8 Å². The monoisotopic (exact) mass is 265 g/mol. The molecular formula is C14H23N3O2. The van der Waals surface area contributed by atoms with Crippen LogP contribution in [0.4, 0.5) is 0 Å². The normalized spacial score (nSPS) is 22.2. The van der Waals surface area contributed by atoms with Gasteiger partial charge in [0.2, 0.25) is 0 Å². The van der Waals surface area contributed by atoms with E-state index in [1.165, 1.54) is 0 Å². The Bertz CT molecular complexity index is 400. The van der Waals surface area contributed by atoms with Gasteiger partial charge in [-0.25, -0.2) is 0 Å². The van der Waals surface area contributed by atoms with Crippen molar-refractivity contribution >= 4 is 0 Å². The number of nitrogens with one attached hydrogen (secondary N) is 1. The summed E-state index contributed by atoms with van der Waals surface area (Å²) < 4.78 is 11.1. The van der Waals surface area contributed by atoms with Crippen LogP contribution in [0.2, 0.25) is 0 Å². The number of hydrogen-bond donors (Lipinski definition) is 2. The second-order valence-electron chi connectivity index (χ2n) is 4.72. The van der Waals surface area contributed by atoms with E-state index in [9.17, 15) is 0 Å². The van der Waals surface area contributed by atoms with E-state index in [1.54, 1.807) is 7.11 Å². The zero-order valence-corrected chi connectivity index (χ0v) is 11.6. The van der Waals surface area contributed by atoms with E-state index < -0.39 is 0 Å². The third-order valence-corrected chi connectivity index (χ3v) is 3.63. The lowest BCUT2D eigenvalue weighted by molar-refractivity contribution is -0.0456. The van der Waals surface area contributed by atoms with E-state index in [0.29, 0.717) is 0 Å². The molecule has 106 valence electrons. The summed E-state index contributed by atoms with van der Waals surface area (Å²) in [5.74, 6) is 6.56. The SMILES string of the molecule is CCN1CCOC(C(NN)c2cccc(OC)c2)C1. The lowest BCUT2D eigenvalue weighted by Crippen LogP contribution is -2.49. The lowest BCUT2D eigenvalue weighted by Gasteiger charge is -2.36. The van der Waals surface area contributed by atoms with Crippen molar-refractivity contribution in [2.24, 2.45) is 5.84 Å². The van der Waals surface area contributed by atoms with Crippen molar-refractivity contribution < 1.29 is 9.47 Å². The van der Waals surface area contributed by atoms with Gasteiger partial charge in [0, 0.05) is 13.1 Å². The average molecular weight is 265 g/mol. The van der Waals surface area contributed by atoms with Gasteiger partial charge in [0.15, 0.2) is 0 Å². The third kappa shape index (κ3) is 3.45. The van der Waals surface area contributed by atoms with Gasteiger partial charge in [-0.15, -0.1) is 0 Å². The number of nitrogens with two attached hydrogens (primary N) is 1. The minimum atomic E-state index is -0.0237. The first-order valence-electron chi connectivity index (χ1n) is 6.72. The molecular weight excluding hydrogens is 242 g/mol. The molecule has 2 atom stereocenters. The molecule has 0 spiro atoms. The quantitative estimate of drug-likeness (QED) is 0.612. The second-order valence-corrected chi connectivity index (χ2v) is 4.72. The molecule has 0 saturated carbocycles. The van der Waals surface area contributed by atoms with Crippen LogP contribution in [0.15, 0.2) is 24.3 Å². The minimum absolute atomic E-state index is 0.0237. The number of nitrogens with zero attached hydrogens (tertiary/aromatic N) is 1. The number of benzene rings is 1. The summed E-state index contributed by atoms with van der Waals surface area (Å²) in [6, 6.07) is 7.92. The van der Waals surface area contributed by atoms with E-state index >= 15 is 0 Å². The number of hydrazine groups is 1. The molecule has 19 heavy (non-hydrogen) atoms. The Hall–Kier alpha value is -1.14. The molecule has 3 N–H and O–H groups in total. The Kier molecular flexibility index (Phi) is 5.15. The number of ether oxygens (including phenoxy) is 2. The largest absolute Gasteiger partial charge is 0.497 e. The first-order valence-corrected chi connectivity index (χ1v) is 6.72. The number of morpholine rings is 1. The van der Waals surface area contributed by atoms with Gasteiger partial charge in [-0.3, -0.25) is 16.2 Å². The molecule has 0 aliphatic carbocycles. The van der Waals surface area contributed by atoms with E-state index in [-0.39, 0.29) is 12.1 Å². The van der Waals surface area contributed by atoms with Gasteiger partial charge in [-0.1, -0.05) is 19.1 Å². The smallest absolute Gasteiger partial charge is 0.119 e. The van der Waals surface area contributed by atoms with Crippen molar-refractivity contribution in [3.05, 3.63) is 29.8 Å². The first-order chi connectivity index (χ1) is 9.28. The van der Waals surface area contributed by atoms with Crippen LogP contribution in [0.1, 0.15) is 18.5 Å². The van der Waals surface area contributed by atoms with Crippen LogP contribution < -0.4 is 16.0 Å². The highest BCUT2D eigenvalue weighted by Crippen LogP contribution is 2.24. The van der Waals surface area contributed by atoms with E-state index in [4.69, 9.17) is 15.3 Å². The Labute approximate surface area is 114 Å². The molecule has 1 aliphatic rings. The number of rotatable bonds is 5. The summed E-state index contributed by atoms with van der Waals surface area (Å²) in [7, 11) is 1.67. The summed E-state index contributed by atoms with van der Waals surface area (Å²) in [5.41, 5.74) is 3.96. The summed E-state index contributed by atoms with van der Waals surface area (Å²) >= 11 is 0. The predicted molar refractivity (Wildman–Crippen MR) is 74.9 cm³/mol. The van der Waals surface area contributed by atoms with Crippen molar-refractivity contribution in [2.45, 2.75) is 19.1 Å². The highest BCUT2D eigenvalue weighted by atomic mass is 16.5. The molecule has 0 bridgehead atoms. The van der Waals surface area contributed by atoms with Crippen LogP contribution in [0.25, 0.3) is 0 Å². The standard InChI is InChI=1S/C14H23N3O2/c1-3-17-7-8-19-13(10-17)14(16-15)11-5-4-6-12(9-11)18-2/h4-6,9,13-14,16H,3,7-8,10,15H2,1-2H3. The van der Waals surface area contributed by atoms with Gasteiger partial charge >= 0.3 is 0 Å². The molecule has 1 aromatic carbocycles.